The summed E-state index contributed by atoms with van der Waals surface area (Å²) < 4.78 is 0. The van der Waals surface area contributed by atoms with Crippen LogP contribution in [0, 0.1) is 11.8 Å². The van der Waals surface area contributed by atoms with Crippen LogP contribution >= 0.6 is 0 Å². The summed E-state index contributed by atoms with van der Waals surface area (Å²) in [4.78, 5) is 13.8. The lowest BCUT2D eigenvalue weighted by atomic mass is 9.80. The summed E-state index contributed by atoms with van der Waals surface area (Å²) >= 11 is 0. The van der Waals surface area contributed by atoms with Crippen molar-refractivity contribution in [2.45, 2.75) is 59.4 Å². The molecule has 0 radical (unpaired) electrons. The molecule has 1 saturated carbocycles. The van der Waals surface area contributed by atoms with Gasteiger partial charge in [0.25, 0.3) is 0 Å². The van der Waals surface area contributed by atoms with Crippen LogP contribution in [0.25, 0.3) is 0 Å². The van der Waals surface area contributed by atoms with Crippen molar-refractivity contribution in [3.8, 4) is 0 Å². The molecule has 0 heterocycles. The topological polar surface area (TPSA) is 20.3 Å². The molecule has 0 amide bonds. The highest BCUT2D eigenvalue weighted by Gasteiger charge is 2.25. The predicted octanol–water partition coefficient (Wildman–Crippen LogP) is 3.11. The Morgan fingerprint density at radius 1 is 1.25 bits per heavy atom. The molecule has 0 saturated heterocycles. The number of ketones is 1. The van der Waals surface area contributed by atoms with E-state index in [9.17, 15) is 4.79 Å². The molecule has 0 aromatic carbocycles. The summed E-state index contributed by atoms with van der Waals surface area (Å²) in [5, 5.41) is 0. The molecule has 0 aliphatic heterocycles. The molecule has 2 heteroatoms. The summed E-state index contributed by atoms with van der Waals surface area (Å²) in [6.07, 6.45) is 4.73. The predicted molar refractivity (Wildman–Crippen MR) is 68.5 cm³/mol. The smallest absolute Gasteiger partial charge is 0.132 e. The second-order valence-corrected chi connectivity index (χ2v) is 5.51. The molecule has 1 fully saturated rings. The zero-order chi connectivity index (χ0) is 12.1. The summed E-state index contributed by atoms with van der Waals surface area (Å²) in [5.41, 5.74) is 0. The zero-order valence-electron chi connectivity index (χ0n) is 11.3. The van der Waals surface area contributed by atoms with E-state index in [-0.39, 0.29) is 0 Å². The molecular weight excluding hydrogens is 198 g/mol. The molecule has 2 nitrogen and oxygen atoms in total. The second kappa shape index (κ2) is 6.39. The molecule has 0 bridgehead atoms. The molecule has 0 spiro atoms. The highest BCUT2D eigenvalue weighted by Crippen LogP contribution is 2.30. The quantitative estimate of drug-likeness (QED) is 0.716. The minimum atomic E-state index is 0.366. The summed E-state index contributed by atoms with van der Waals surface area (Å²) in [6.45, 7) is 10.9. The number of nitrogens with zero attached hydrogens (tertiary/aromatic N) is 1. The number of carbonyl (C=O) groups excluding carboxylic acids is 1. The average molecular weight is 225 g/mol. The summed E-state index contributed by atoms with van der Waals surface area (Å²) in [7, 11) is 0. The van der Waals surface area contributed by atoms with Gasteiger partial charge in [0.15, 0.2) is 0 Å². The third kappa shape index (κ3) is 3.89. The average Bonchev–Trinajstić information content (AvgIpc) is 2.26. The van der Waals surface area contributed by atoms with Crippen molar-refractivity contribution in [3.05, 3.63) is 0 Å². The first-order valence-electron chi connectivity index (χ1n) is 6.79. The second-order valence-electron chi connectivity index (χ2n) is 5.51. The number of hydrogen-bond donors (Lipinski definition) is 0. The van der Waals surface area contributed by atoms with Crippen molar-refractivity contribution in [3.63, 3.8) is 0 Å². The Kier molecular flexibility index (Phi) is 5.47. The van der Waals surface area contributed by atoms with E-state index in [0.717, 1.165) is 25.3 Å². The lowest BCUT2D eigenvalue weighted by Crippen LogP contribution is -2.36. The Labute approximate surface area is 100 Å². The van der Waals surface area contributed by atoms with Crippen molar-refractivity contribution in [1.82, 2.24) is 4.90 Å². The van der Waals surface area contributed by atoms with Crippen LogP contribution in [-0.2, 0) is 4.79 Å². The lowest BCUT2D eigenvalue weighted by molar-refractivity contribution is -0.121. The van der Waals surface area contributed by atoms with Gasteiger partial charge in [-0.05, 0) is 58.9 Å². The molecule has 0 aromatic heterocycles. The normalized spacial score (nSPS) is 26.4. The molecule has 1 aliphatic rings. The first-order chi connectivity index (χ1) is 7.54. The molecule has 16 heavy (non-hydrogen) atoms. The van der Waals surface area contributed by atoms with Gasteiger partial charge in [-0.2, -0.15) is 0 Å². The van der Waals surface area contributed by atoms with Gasteiger partial charge in [-0.3, -0.25) is 4.79 Å². The van der Waals surface area contributed by atoms with Gasteiger partial charge in [0, 0.05) is 18.5 Å². The van der Waals surface area contributed by atoms with Crippen LogP contribution in [0.2, 0.25) is 0 Å². The number of hydrogen-bond acceptors (Lipinski definition) is 2. The van der Waals surface area contributed by atoms with Gasteiger partial charge in [-0.25, -0.2) is 0 Å². The monoisotopic (exact) mass is 225 g/mol. The molecule has 1 rings (SSSR count). The van der Waals surface area contributed by atoms with E-state index in [0.29, 0.717) is 17.7 Å². The molecule has 0 aromatic rings. The van der Waals surface area contributed by atoms with Crippen LogP contribution in [0.15, 0.2) is 0 Å². The molecule has 0 N–H and O–H groups in total. The van der Waals surface area contributed by atoms with E-state index >= 15 is 0 Å². The maximum Gasteiger partial charge on any atom is 0.132 e. The highest BCUT2D eigenvalue weighted by atomic mass is 16.1. The van der Waals surface area contributed by atoms with Gasteiger partial charge in [-0.15, -0.1) is 0 Å². The van der Waals surface area contributed by atoms with Gasteiger partial charge in [0.2, 0.25) is 0 Å². The van der Waals surface area contributed by atoms with Gasteiger partial charge in [0.05, 0.1) is 0 Å². The fraction of sp³-hybridized carbons (Fsp3) is 0.929. The van der Waals surface area contributed by atoms with Crippen LogP contribution in [0.1, 0.15) is 53.4 Å². The molecule has 94 valence electrons. The first kappa shape index (κ1) is 13.7. The first-order valence-corrected chi connectivity index (χ1v) is 6.79. The van der Waals surface area contributed by atoms with E-state index in [1.54, 1.807) is 6.92 Å². The SMILES string of the molecule is CCN(CC1CCC(C(C)=O)CC1)C(C)C. The van der Waals surface area contributed by atoms with Crippen molar-refractivity contribution in [1.29, 1.82) is 0 Å². The van der Waals surface area contributed by atoms with Gasteiger partial charge < -0.3 is 4.90 Å². The van der Waals surface area contributed by atoms with E-state index in [1.165, 1.54) is 19.4 Å². The minimum absolute atomic E-state index is 0.366. The summed E-state index contributed by atoms with van der Waals surface area (Å²) in [6, 6.07) is 0.649. The van der Waals surface area contributed by atoms with Crippen molar-refractivity contribution >= 4 is 5.78 Å². The van der Waals surface area contributed by atoms with E-state index in [2.05, 4.69) is 25.7 Å². The van der Waals surface area contributed by atoms with Crippen molar-refractivity contribution < 1.29 is 4.79 Å². The molecule has 0 atom stereocenters. The number of Topliss-reactive ketones (excluding diaryl/α,β-unsaturated/α-hetero) is 1. The van der Waals surface area contributed by atoms with E-state index in [1.807, 2.05) is 0 Å². The maximum atomic E-state index is 11.3. The zero-order valence-corrected chi connectivity index (χ0v) is 11.3. The Morgan fingerprint density at radius 2 is 1.81 bits per heavy atom. The fourth-order valence-electron chi connectivity index (χ4n) is 2.79. The fourth-order valence-corrected chi connectivity index (χ4v) is 2.79. The van der Waals surface area contributed by atoms with Crippen LogP contribution in [0.3, 0.4) is 0 Å². The molecule has 1 aliphatic carbocycles. The number of carbonyl (C=O) groups is 1. The standard InChI is InChI=1S/C14H27NO/c1-5-15(11(2)3)10-13-6-8-14(9-7-13)12(4)16/h11,13-14H,5-10H2,1-4H3. The van der Waals surface area contributed by atoms with Crippen molar-refractivity contribution in [2.75, 3.05) is 13.1 Å². The number of rotatable bonds is 5. The summed E-state index contributed by atoms with van der Waals surface area (Å²) in [5.74, 6) is 1.58. The van der Waals surface area contributed by atoms with Crippen LogP contribution < -0.4 is 0 Å². The van der Waals surface area contributed by atoms with Crippen LogP contribution in [0.4, 0.5) is 0 Å². The lowest BCUT2D eigenvalue weighted by Gasteiger charge is -2.33. The Hall–Kier alpha value is -0.370. The Morgan fingerprint density at radius 3 is 2.19 bits per heavy atom. The van der Waals surface area contributed by atoms with Gasteiger partial charge >= 0.3 is 0 Å². The molecule has 0 unspecified atom stereocenters. The highest BCUT2D eigenvalue weighted by molar-refractivity contribution is 5.78. The third-order valence-corrected chi connectivity index (χ3v) is 4.05. The maximum absolute atomic E-state index is 11.3. The molecular formula is C14H27NO. The van der Waals surface area contributed by atoms with Crippen molar-refractivity contribution in [2.24, 2.45) is 11.8 Å². The van der Waals surface area contributed by atoms with Crippen LogP contribution in [0.5, 0.6) is 0 Å². The van der Waals surface area contributed by atoms with E-state index < -0.39 is 0 Å². The van der Waals surface area contributed by atoms with E-state index in [4.69, 9.17) is 0 Å². The largest absolute Gasteiger partial charge is 0.301 e. The Balaban J connectivity index is 2.33. The minimum Gasteiger partial charge on any atom is -0.301 e. The van der Waals surface area contributed by atoms with Gasteiger partial charge in [-0.1, -0.05) is 6.92 Å². The third-order valence-electron chi connectivity index (χ3n) is 4.05. The Bertz CT molecular complexity index is 217. The van der Waals surface area contributed by atoms with Gasteiger partial charge in [0.1, 0.15) is 5.78 Å². The van der Waals surface area contributed by atoms with Crippen LogP contribution in [-0.4, -0.2) is 29.8 Å².